The van der Waals surface area contributed by atoms with E-state index in [1.165, 1.54) is 16.8 Å². The molecule has 1 saturated heterocycles. The Hall–Kier alpha value is -1.91. The predicted octanol–water partition coefficient (Wildman–Crippen LogP) is -0.119. The van der Waals surface area contributed by atoms with Crippen molar-refractivity contribution in [1.29, 1.82) is 5.26 Å². The van der Waals surface area contributed by atoms with Crippen LogP contribution in [0.5, 0.6) is 0 Å². The number of nitrogen functional groups attached to an aromatic ring is 1. The monoisotopic (exact) mass is 264 g/mol. The van der Waals surface area contributed by atoms with Crippen molar-refractivity contribution in [3.63, 3.8) is 0 Å². The number of ether oxygens (including phenoxy) is 1. The van der Waals surface area contributed by atoms with E-state index < -0.39 is 18.0 Å². The third-order valence-corrected chi connectivity index (χ3v) is 3.47. The second-order valence-electron chi connectivity index (χ2n) is 4.67. The first-order valence-corrected chi connectivity index (χ1v) is 6.07. The highest BCUT2D eigenvalue weighted by Gasteiger charge is 2.39. The zero-order chi connectivity index (χ0) is 14.0. The van der Waals surface area contributed by atoms with Gasteiger partial charge in [-0.05, 0) is 19.4 Å². The van der Waals surface area contributed by atoms with Crippen LogP contribution < -0.4 is 11.4 Å². The molecule has 0 saturated carbocycles. The van der Waals surface area contributed by atoms with E-state index in [1.807, 2.05) is 0 Å². The van der Waals surface area contributed by atoms with Gasteiger partial charge in [0, 0.05) is 18.0 Å². The summed E-state index contributed by atoms with van der Waals surface area (Å²) < 4.78 is 6.97. The van der Waals surface area contributed by atoms with Crippen molar-refractivity contribution < 1.29 is 9.84 Å². The second-order valence-corrected chi connectivity index (χ2v) is 4.67. The Kier molecular flexibility index (Phi) is 3.83. The minimum absolute atomic E-state index is 0.107. The maximum Gasteiger partial charge on any atom is 0.351 e. The normalized spacial score (nSPS) is 27.9. The lowest BCUT2D eigenvalue weighted by Gasteiger charge is -2.17. The summed E-state index contributed by atoms with van der Waals surface area (Å²) in [5.41, 5.74) is 4.93. The third-order valence-electron chi connectivity index (χ3n) is 3.47. The minimum atomic E-state index is -0.515. The van der Waals surface area contributed by atoms with Crippen LogP contribution in [0.15, 0.2) is 17.1 Å². The molecule has 1 aromatic heterocycles. The lowest BCUT2D eigenvalue weighted by molar-refractivity contribution is -0.0348. The van der Waals surface area contributed by atoms with Crippen LogP contribution in [0.2, 0.25) is 0 Å². The fourth-order valence-corrected chi connectivity index (χ4v) is 2.37. The molecule has 2 rings (SSSR count). The smallest absolute Gasteiger partial charge is 0.351 e. The zero-order valence-corrected chi connectivity index (χ0v) is 10.6. The minimum Gasteiger partial charge on any atom is -0.394 e. The highest BCUT2D eigenvalue weighted by molar-refractivity contribution is 5.23. The molecule has 0 amide bonds. The Balaban J connectivity index is 2.24. The molecule has 1 aliphatic heterocycles. The van der Waals surface area contributed by atoms with Crippen LogP contribution in [0.1, 0.15) is 19.6 Å². The molecular weight excluding hydrogens is 248 g/mol. The van der Waals surface area contributed by atoms with E-state index in [1.54, 1.807) is 6.92 Å². The number of hydrogen-bond acceptors (Lipinski definition) is 6. The number of aliphatic hydroxyl groups is 1. The predicted molar refractivity (Wildman–Crippen MR) is 66.8 cm³/mol. The average Bonchev–Trinajstić information content (AvgIpc) is 2.81. The van der Waals surface area contributed by atoms with E-state index in [2.05, 4.69) is 11.1 Å². The van der Waals surface area contributed by atoms with E-state index >= 15 is 0 Å². The molecule has 102 valence electrons. The van der Waals surface area contributed by atoms with Gasteiger partial charge >= 0.3 is 5.69 Å². The summed E-state index contributed by atoms with van der Waals surface area (Å²) in [7, 11) is 0. The molecule has 2 unspecified atom stereocenters. The number of anilines is 1. The van der Waals surface area contributed by atoms with Gasteiger partial charge < -0.3 is 15.6 Å². The Morgan fingerprint density at radius 3 is 3.11 bits per heavy atom. The molecule has 0 aliphatic carbocycles. The number of aliphatic hydroxyl groups excluding tert-OH is 1. The summed E-state index contributed by atoms with van der Waals surface area (Å²) >= 11 is 0. The van der Waals surface area contributed by atoms with Crippen molar-refractivity contribution in [2.45, 2.75) is 25.7 Å². The van der Waals surface area contributed by atoms with Crippen molar-refractivity contribution in [2.75, 3.05) is 12.3 Å². The van der Waals surface area contributed by atoms with Crippen molar-refractivity contribution in [2.24, 2.45) is 11.8 Å². The number of rotatable bonds is 3. The molecule has 7 nitrogen and oxygen atoms in total. The van der Waals surface area contributed by atoms with E-state index in [9.17, 15) is 9.90 Å². The summed E-state index contributed by atoms with van der Waals surface area (Å²) in [4.78, 5) is 15.4. The van der Waals surface area contributed by atoms with Crippen LogP contribution >= 0.6 is 0 Å². The van der Waals surface area contributed by atoms with Crippen LogP contribution in [0.3, 0.4) is 0 Å². The fourth-order valence-electron chi connectivity index (χ4n) is 2.37. The van der Waals surface area contributed by atoms with E-state index in [0.29, 0.717) is 6.42 Å². The quantitative estimate of drug-likeness (QED) is 0.786. The Labute approximate surface area is 110 Å². The van der Waals surface area contributed by atoms with Gasteiger partial charge in [-0.15, -0.1) is 0 Å². The SMILES string of the molecule is CC(C#N)C1C[C@H](n2ccc(N)nc2=O)O[C@@H]1CO. The van der Waals surface area contributed by atoms with Crippen LogP contribution in [0.25, 0.3) is 0 Å². The number of nitrogens with two attached hydrogens (primary N) is 1. The number of nitrogens with zero attached hydrogens (tertiary/aromatic N) is 3. The molecule has 0 aromatic carbocycles. The number of aromatic nitrogens is 2. The molecule has 1 fully saturated rings. The van der Waals surface area contributed by atoms with Gasteiger partial charge in [-0.25, -0.2) is 4.79 Å². The molecule has 3 N–H and O–H groups in total. The first-order chi connectivity index (χ1) is 9.06. The lowest BCUT2D eigenvalue weighted by Crippen LogP contribution is -2.27. The highest BCUT2D eigenvalue weighted by atomic mass is 16.5. The molecule has 0 bridgehead atoms. The lowest BCUT2D eigenvalue weighted by atomic mass is 9.89. The van der Waals surface area contributed by atoms with Gasteiger partial charge in [0.25, 0.3) is 0 Å². The molecule has 0 radical (unpaired) electrons. The summed E-state index contributed by atoms with van der Waals surface area (Å²) in [5.74, 6) is -0.205. The Morgan fingerprint density at radius 1 is 1.79 bits per heavy atom. The highest BCUT2D eigenvalue weighted by Crippen LogP contribution is 2.36. The number of hydrogen-bond donors (Lipinski definition) is 2. The molecular formula is C12H16N4O3. The van der Waals surface area contributed by atoms with Crippen molar-refractivity contribution in [3.8, 4) is 6.07 Å². The topological polar surface area (TPSA) is 114 Å². The van der Waals surface area contributed by atoms with Crippen molar-refractivity contribution in [3.05, 3.63) is 22.7 Å². The van der Waals surface area contributed by atoms with E-state index in [0.717, 1.165) is 0 Å². The van der Waals surface area contributed by atoms with Crippen LogP contribution in [-0.4, -0.2) is 27.4 Å². The third kappa shape index (κ3) is 2.59. The van der Waals surface area contributed by atoms with Crippen LogP contribution in [0, 0.1) is 23.2 Å². The first kappa shape index (κ1) is 13.5. The fraction of sp³-hybridized carbons (Fsp3) is 0.583. The molecule has 0 spiro atoms. The second kappa shape index (κ2) is 5.38. The van der Waals surface area contributed by atoms with Crippen LogP contribution in [0.4, 0.5) is 5.82 Å². The maximum atomic E-state index is 11.7. The standard InChI is InChI=1S/C12H16N4O3/c1-7(5-13)8-4-11(19-9(8)6-17)16-3-2-10(14)15-12(16)18/h2-3,7-9,11,17H,4,6H2,1H3,(H2,14,15,18)/t7?,8?,9-,11-/m1/s1. The van der Waals surface area contributed by atoms with E-state index in [4.69, 9.17) is 15.7 Å². The summed E-state index contributed by atoms with van der Waals surface area (Å²) in [6, 6.07) is 3.67. The average molecular weight is 264 g/mol. The van der Waals surface area contributed by atoms with Gasteiger partial charge in [0.15, 0.2) is 0 Å². The summed E-state index contributed by atoms with van der Waals surface area (Å²) in [5, 5.41) is 18.3. The number of nitriles is 1. The van der Waals surface area contributed by atoms with Gasteiger partial charge in [0.1, 0.15) is 12.0 Å². The molecule has 7 heteroatoms. The largest absolute Gasteiger partial charge is 0.394 e. The molecule has 1 aromatic rings. The first-order valence-electron chi connectivity index (χ1n) is 6.07. The Bertz CT molecular complexity index is 551. The van der Waals surface area contributed by atoms with Crippen molar-refractivity contribution in [1.82, 2.24) is 9.55 Å². The van der Waals surface area contributed by atoms with E-state index in [-0.39, 0.29) is 24.3 Å². The summed E-state index contributed by atoms with van der Waals surface area (Å²) in [6.07, 6.45) is 1.05. The molecule has 2 heterocycles. The van der Waals surface area contributed by atoms with Crippen LogP contribution in [-0.2, 0) is 4.74 Å². The van der Waals surface area contributed by atoms with Gasteiger partial charge in [-0.1, -0.05) is 0 Å². The molecule has 19 heavy (non-hydrogen) atoms. The van der Waals surface area contributed by atoms with Gasteiger partial charge in [0.2, 0.25) is 0 Å². The summed E-state index contributed by atoms with van der Waals surface area (Å²) in [6.45, 7) is 1.60. The Morgan fingerprint density at radius 2 is 2.53 bits per heavy atom. The van der Waals surface area contributed by atoms with Gasteiger partial charge in [-0.3, -0.25) is 4.57 Å². The van der Waals surface area contributed by atoms with Gasteiger partial charge in [0.05, 0.1) is 18.8 Å². The van der Waals surface area contributed by atoms with Crippen molar-refractivity contribution >= 4 is 5.82 Å². The zero-order valence-electron chi connectivity index (χ0n) is 10.6. The maximum absolute atomic E-state index is 11.7. The van der Waals surface area contributed by atoms with Gasteiger partial charge in [-0.2, -0.15) is 10.2 Å². The molecule has 1 aliphatic rings. The molecule has 4 atom stereocenters.